The van der Waals surface area contributed by atoms with Crippen LogP contribution < -0.4 is 10.2 Å². The van der Waals surface area contributed by atoms with Crippen molar-refractivity contribution in [3.8, 4) is 5.75 Å². The average molecular weight is 318 g/mol. The molecule has 6 heteroatoms. The molecule has 0 radical (unpaired) electrons. The summed E-state index contributed by atoms with van der Waals surface area (Å²) in [6, 6.07) is 15.4. The van der Waals surface area contributed by atoms with Crippen molar-refractivity contribution in [2.75, 3.05) is 12.5 Å². The van der Waals surface area contributed by atoms with Crippen molar-refractivity contribution in [2.24, 2.45) is 5.10 Å². The van der Waals surface area contributed by atoms with Gasteiger partial charge in [0.25, 0.3) is 0 Å². The maximum atomic E-state index is 5.84. The van der Waals surface area contributed by atoms with Gasteiger partial charge in [-0.15, -0.1) is 0 Å². The van der Waals surface area contributed by atoms with Crippen molar-refractivity contribution in [3.63, 3.8) is 0 Å². The molecule has 0 fully saturated rings. The minimum atomic E-state index is 0.523. The van der Waals surface area contributed by atoms with Gasteiger partial charge < -0.3 is 9.15 Å². The number of ether oxygens (including phenoxy) is 1. The number of nitrogens with zero attached hydrogens (tertiary/aromatic N) is 3. The smallest absolute Gasteiger partial charge is 0.197 e. The summed E-state index contributed by atoms with van der Waals surface area (Å²) < 4.78 is 11.0. The zero-order valence-electron chi connectivity index (χ0n) is 12.9. The average Bonchev–Trinajstić information content (AvgIpc) is 3.02. The Morgan fingerprint density at radius 1 is 1.12 bits per heavy atom. The Morgan fingerprint density at radius 3 is 2.96 bits per heavy atom. The van der Waals surface area contributed by atoms with Crippen LogP contribution in [0.2, 0.25) is 0 Å². The minimum Gasteiger partial charge on any atom is -0.497 e. The highest BCUT2D eigenvalue weighted by Crippen LogP contribution is 2.30. The van der Waals surface area contributed by atoms with E-state index in [1.165, 1.54) is 6.33 Å². The lowest BCUT2D eigenvalue weighted by molar-refractivity contribution is 0.415. The van der Waals surface area contributed by atoms with Gasteiger partial charge in [0, 0.05) is 5.39 Å². The molecule has 0 saturated carbocycles. The van der Waals surface area contributed by atoms with Gasteiger partial charge in [0.15, 0.2) is 11.4 Å². The number of hydrogen-bond acceptors (Lipinski definition) is 6. The third-order valence-corrected chi connectivity index (χ3v) is 3.64. The number of fused-ring (bicyclic) bond motifs is 3. The van der Waals surface area contributed by atoms with Crippen molar-refractivity contribution < 1.29 is 9.15 Å². The van der Waals surface area contributed by atoms with E-state index in [-0.39, 0.29) is 0 Å². The van der Waals surface area contributed by atoms with Crippen molar-refractivity contribution in [2.45, 2.75) is 0 Å². The fourth-order valence-corrected chi connectivity index (χ4v) is 2.49. The predicted octanol–water partition coefficient (Wildman–Crippen LogP) is 3.83. The van der Waals surface area contributed by atoms with Gasteiger partial charge >= 0.3 is 0 Å². The van der Waals surface area contributed by atoms with Crippen LogP contribution in [0, 0.1) is 0 Å². The second kappa shape index (κ2) is 6.00. The summed E-state index contributed by atoms with van der Waals surface area (Å²) in [6.45, 7) is 0. The number of anilines is 1. The number of para-hydroxylation sites is 1. The molecule has 0 aliphatic heterocycles. The highest BCUT2D eigenvalue weighted by Gasteiger charge is 2.11. The van der Waals surface area contributed by atoms with Crippen LogP contribution in [0.25, 0.3) is 22.1 Å². The van der Waals surface area contributed by atoms with E-state index in [2.05, 4.69) is 20.5 Å². The molecule has 4 aromatic rings. The molecule has 0 bridgehead atoms. The third-order valence-electron chi connectivity index (χ3n) is 3.64. The van der Waals surface area contributed by atoms with Crippen LogP contribution in [-0.2, 0) is 0 Å². The summed E-state index contributed by atoms with van der Waals surface area (Å²) in [7, 11) is 1.63. The Balaban J connectivity index is 1.66. The van der Waals surface area contributed by atoms with E-state index in [4.69, 9.17) is 9.15 Å². The maximum Gasteiger partial charge on any atom is 0.197 e. The summed E-state index contributed by atoms with van der Waals surface area (Å²) in [5.74, 6) is 1.30. The molecule has 24 heavy (non-hydrogen) atoms. The van der Waals surface area contributed by atoms with Crippen LogP contribution in [0.4, 0.5) is 5.82 Å². The molecule has 2 aromatic carbocycles. The lowest BCUT2D eigenvalue weighted by Gasteiger charge is -2.01. The van der Waals surface area contributed by atoms with Gasteiger partial charge in [-0.25, -0.2) is 9.97 Å². The fraction of sp³-hybridized carbons (Fsp3) is 0.0556. The molecule has 0 aliphatic rings. The first-order chi connectivity index (χ1) is 11.8. The number of methoxy groups -OCH3 is 1. The summed E-state index contributed by atoms with van der Waals surface area (Å²) in [4.78, 5) is 8.52. The zero-order valence-corrected chi connectivity index (χ0v) is 12.9. The molecule has 118 valence electrons. The van der Waals surface area contributed by atoms with E-state index >= 15 is 0 Å². The molecular formula is C18H14N4O2. The normalized spacial score (nSPS) is 11.4. The molecular weight excluding hydrogens is 304 g/mol. The highest BCUT2D eigenvalue weighted by atomic mass is 16.5. The number of aromatic nitrogens is 2. The van der Waals surface area contributed by atoms with E-state index < -0.39 is 0 Å². The van der Waals surface area contributed by atoms with Gasteiger partial charge in [0.2, 0.25) is 0 Å². The summed E-state index contributed by atoms with van der Waals surface area (Å²) in [5.41, 5.74) is 5.95. The van der Waals surface area contributed by atoms with Gasteiger partial charge in [-0.1, -0.05) is 24.3 Å². The van der Waals surface area contributed by atoms with Gasteiger partial charge in [0.05, 0.1) is 13.3 Å². The van der Waals surface area contributed by atoms with E-state index in [1.807, 2.05) is 48.5 Å². The Bertz CT molecular complexity index is 1040. The molecule has 1 N–H and O–H groups in total. The molecule has 0 aliphatic carbocycles. The van der Waals surface area contributed by atoms with Crippen molar-refractivity contribution >= 4 is 34.1 Å². The Hall–Kier alpha value is -3.41. The van der Waals surface area contributed by atoms with Gasteiger partial charge in [-0.2, -0.15) is 5.10 Å². The lowest BCUT2D eigenvalue weighted by Crippen LogP contribution is -1.95. The van der Waals surface area contributed by atoms with E-state index in [9.17, 15) is 0 Å². The maximum absolute atomic E-state index is 5.84. The molecule has 0 spiro atoms. The van der Waals surface area contributed by atoms with Crippen molar-refractivity contribution in [1.29, 1.82) is 0 Å². The van der Waals surface area contributed by atoms with Crippen LogP contribution in [-0.4, -0.2) is 23.3 Å². The van der Waals surface area contributed by atoms with Crippen LogP contribution in [0.5, 0.6) is 5.75 Å². The van der Waals surface area contributed by atoms with Gasteiger partial charge in [0.1, 0.15) is 23.2 Å². The van der Waals surface area contributed by atoms with Gasteiger partial charge in [-0.05, 0) is 29.8 Å². The molecule has 0 saturated heterocycles. The topological polar surface area (TPSA) is 72.5 Å². The quantitative estimate of drug-likeness (QED) is 0.457. The summed E-state index contributed by atoms with van der Waals surface area (Å²) >= 11 is 0. The molecule has 4 rings (SSSR count). The van der Waals surface area contributed by atoms with Crippen LogP contribution >= 0.6 is 0 Å². The van der Waals surface area contributed by atoms with Crippen molar-refractivity contribution in [1.82, 2.24) is 9.97 Å². The molecule has 0 unspecified atom stereocenters. The van der Waals surface area contributed by atoms with E-state index in [0.717, 1.165) is 27.8 Å². The van der Waals surface area contributed by atoms with Crippen LogP contribution in [0.3, 0.4) is 0 Å². The van der Waals surface area contributed by atoms with E-state index in [0.29, 0.717) is 11.4 Å². The standard InChI is InChI=1S/C18H14N4O2/c1-23-13-6-4-5-12(9-13)10-21-22-18-17-16(19-11-20-18)14-7-2-3-8-15(14)24-17/h2-11H,1H3,(H,19,20,22)/b21-10-. The molecule has 2 heterocycles. The number of nitrogens with one attached hydrogen (secondary N) is 1. The monoisotopic (exact) mass is 318 g/mol. The van der Waals surface area contributed by atoms with Crippen LogP contribution in [0.15, 0.2) is 64.4 Å². The number of benzene rings is 2. The number of rotatable bonds is 4. The Kier molecular flexibility index (Phi) is 3.55. The fourth-order valence-electron chi connectivity index (χ4n) is 2.49. The van der Waals surface area contributed by atoms with Gasteiger partial charge in [-0.3, -0.25) is 5.43 Å². The second-order valence-electron chi connectivity index (χ2n) is 5.14. The van der Waals surface area contributed by atoms with Crippen molar-refractivity contribution in [3.05, 3.63) is 60.4 Å². The molecule has 0 atom stereocenters. The highest BCUT2D eigenvalue weighted by molar-refractivity contribution is 6.05. The number of furan rings is 1. The summed E-state index contributed by atoms with van der Waals surface area (Å²) in [5, 5.41) is 5.18. The molecule has 2 aromatic heterocycles. The SMILES string of the molecule is COc1cccc(/C=N\Nc2ncnc3c2oc2ccccc23)c1. The second-order valence-corrected chi connectivity index (χ2v) is 5.14. The first-order valence-electron chi connectivity index (χ1n) is 7.40. The lowest BCUT2D eigenvalue weighted by atomic mass is 10.2. The Morgan fingerprint density at radius 2 is 2.04 bits per heavy atom. The minimum absolute atomic E-state index is 0.523. The van der Waals surface area contributed by atoms with E-state index in [1.54, 1.807) is 13.3 Å². The number of hydrazone groups is 1. The molecule has 6 nitrogen and oxygen atoms in total. The third kappa shape index (κ3) is 2.54. The Labute approximate surface area is 137 Å². The zero-order chi connectivity index (χ0) is 16.4. The summed E-state index contributed by atoms with van der Waals surface area (Å²) in [6.07, 6.45) is 3.19. The van der Waals surface area contributed by atoms with Crippen LogP contribution in [0.1, 0.15) is 5.56 Å². The predicted molar refractivity (Wildman–Crippen MR) is 93.5 cm³/mol. The number of hydrogen-bond donors (Lipinski definition) is 1. The largest absolute Gasteiger partial charge is 0.497 e. The first kappa shape index (κ1) is 14.2. The molecule has 0 amide bonds. The first-order valence-corrected chi connectivity index (χ1v) is 7.40.